The van der Waals surface area contributed by atoms with E-state index < -0.39 is 11.1 Å². The van der Waals surface area contributed by atoms with Crippen LogP contribution < -0.4 is 0 Å². The Balaban J connectivity index is 2.64. The highest BCUT2D eigenvalue weighted by Gasteiger charge is 1.94. The summed E-state index contributed by atoms with van der Waals surface area (Å²) in [5, 5.41) is 0.930. The minimum absolute atomic E-state index is 0.106. The van der Waals surface area contributed by atoms with E-state index in [1.807, 2.05) is 24.3 Å². The maximum atomic E-state index is 10.4. The van der Waals surface area contributed by atoms with Crippen LogP contribution in [0.15, 0.2) is 24.3 Å². The van der Waals surface area contributed by atoms with E-state index in [1.165, 1.54) is 5.56 Å². The number of benzene rings is 1. The second-order valence-electron chi connectivity index (χ2n) is 2.70. The molecule has 0 bridgehead atoms. The van der Waals surface area contributed by atoms with Gasteiger partial charge in [0.2, 0.25) is 0 Å². The fraction of sp³-hybridized carbons (Fsp3) is 0.333. The van der Waals surface area contributed by atoms with Gasteiger partial charge in [-0.25, -0.2) is 0 Å². The maximum Gasteiger partial charge on any atom is 0.0353 e. The zero-order valence-corrected chi connectivity index (χ0v) is 9.44. The molecule has 0 spiro atoms. The lowest BCUT2D eigenvalue weighted by atomic mass is 10.1. The molecule has 0 aliphatic heterocycles. The van der Waals surface area contributed by atoms with E-state index in [9.17, 15) is 8.76 Å². The monoisotopic (exact) mass is 261 g/mol. The molecule has 13 heavy (non-hydrogen) atoms. The molecule has 0 saturated carbocycles. The van der Waals surface area contributed by atoms with Crippen LogP contribution in [0.25, 0.3) is 0 Å². The van der Waals surface area contributed by atoms with E-state index in [4.69, 9.17) is 0 Å². The number of hydrogen-bond acceptors (Lipinski definition) is 2. The van der Waals surface area contributed by atoms with Gasteiger partial charge in [0.05, 0.1) is 0 Å². The Labute approximate surface area is 88.8 Å². The van der Waals surface area contributed by atoms with Crippen LogP contribution in [0.4, 0.5) is 0 Å². The second kappa shape index (κ2) is 5.52. The van der Waals surface area contributed by atoms with Crippen LogP contribution in [0.5, 0.6) is 0 Å². The van der Waals surface area contributed by atoms with Crippen molar-refractivity contribution in [3.63, 3.8) is 0 Å². The standard InChI is InChI=1S/C9H11BrO2S/c10-6-5-8-1-3-9(4-2-8)7-13(11)12/h1-4H,5-7H2,(H,11,12)/p-1. The molecule has 0 N–H and O–H groups in total. The van der Waals surface area contributed by atoms with Crippen LogP contribution in [0.3, 0.4) is 0 Å². The van der Waals surface area contributed by atoms with Gasteiger partial charge in [-0.15, -0.1) is 0 Å². The topological polar surface area (TPSA) is 40.1 Å². The molecule has 4 heteroatoms. The van der Waals surface area contributed by atoms with Crippen molar-refractivity contribution in [3.8, 4) is 0 Å². The first-order chi connectivity index (χ1) is 6.22. The molecule has 0 aliphatic rings. The Kier molecular flexibility index (Phi) is 4.62. The van der Waals surface area contributed by atoms with Crippen molar-refractivity contribution in [2.45, 2.75) is 12.2 Å². The molecule has 1 aromatic rings. The average molecular weight is 262 g/mol. The van der Waals surface area contributed by atoms with Crippen LogP contribution in [0, 0.1) is 0 Å². The van der Waals surface area contributed by atoms with Gasteiger partial charge in [-0.2, -0.15) is 0 Å². The molecule has 0 fully saturated rings. The molecule has 0 heterocycles. The van der Waals surface area contributed by atoms with Gasteiger partial charge in [0, 0.05) is 11.1 Å². The SMILES string of the molecule is O=S([O-])Cc1ccc(CCBr)cc1. The predicted molar refractivity (Wildman–Crippen MR) is 56.6 cm³/mol. The Morgan fingerprint density at radius 3 is 2.23 bits per heavy atom. The van der Waals surface area contributed by atoms with E-state index in [0.717, 1.165) is 17.3 Å². The lowest BCUT2D eigenvalue weighted by Crippen LogP contribution is -1.93. The summed E-state index contributed by atoms with van der Waals surface area (Å²) in [7, 11) is 0. The predicted octanol–water partition coefficient (Wildman–Crippen LogP) is 2.00. The number of aryl methyl sites for hydroxylation is 1. The quantitative estimate of drug-likeness (QED) is 0.615. The summed E-state index contributed by atoms with van der Waals surface area (Å²) in [4.78, 5) is 0. The van der Waals surface area contributed by atoms with Gasteiger partial charge in [-0.3, -0.25) is 4.21 Å². The van der Waals surface area contributed by atoms with Gasteiger partial charge in [-0.05, 0) is 17.5 Å². The summed E-state index contributed by atoms with van der Waals surface area (Å²) >= 11 is 1.36. The maximum absolute atomic E-state index is 10.4. The zero-order chi connectivity index (χ0) is 9.68. The van der Waals surface area contributed by atoms with Gasteiger partial charge in [0.1, 0.15) is 0 Å². The molecule has 0 amide bonds. The van der Waals surface area contributed by atoms with E-state index in [-0.39, 0.29) is 5.75 Å². The minimum Gasteiger partial charge on any atom is -0.772 e. The van der Waals surface area contributed by atoms with E-state index in [0.29, 0.717) is 0 Å². The fourth-order valence-electron chi connectivity index (χ4n) is 1.05. The fourth-order valence-corrected chi connectivity index (χ4v) is 1.97. The van der Waals surface area contributed by atoms with Crippen molar-refractivity contribution < 1.29 is 8.76 Å². The number of halogens is 1. The number of hydrogen-bond donors (Lipinski definition) is 0. The highest BCUT2D eigenvalue weighted by Crippen LogP contribution is 2.07. The van der Waals surface area contributed by atoms with Crippen LogP contribution in [-0.2, 0) is 23.3 Å². The van der Waals surface area contributed by atoms with Crippen molar-refractivity contribution in [2.75, 3.05) is 5.33 Å². The van der Waals surface area contributed by atoms with Crippen molar-refractivity contribution >= 4 is 27.0 Å². The third-order valence-electron chi connectivity index (χ3n) is 1.69. The first-order valence-corrected chi connectivity index (χ1v) is 6.28. The molecular formula is C9H10BrO2S-. The van der Waals surface area contributed by atoms with E-state index in [2.05, 4.69) is 15.9 Å². The third-order valence-corrected chi connectivity index (χ3v) is 2.66. The van der Waals surface area contributed by atoms with Crippen LogP contribution in [0.2, 0.25) is 0 Å². The third kappa shape index (κ3) is 4.02. The molecule has 0 radical (unpaired) electrons. The molecule has 72 valence electrons. The normalized spacial score (nSPS) is 12.8. The van der Waals surface area contributed by atoms with Gasteiger partial charge >= 0.3 is 0 Å². The molecule has 0 saturated heterocycles. The van der Waals surface area contributed by atoms with E-state index in [1.54, 1.807) is 0 Å². The first-order valence-electron chi connectivity index (χ1n) is 3.92. The number of rotatable bonds is 4. The van der Waals surface area contributed by atoms with Crippen molar-refractivity contribution in [2.24, 2.45) is 0 Å². The van der Waals surface area contributed by atoms with Crippen LogP contribution in [-0.4, -0.2) is 14.1 Å². The summed E-state index contributed by atoms with van der Waals surface area (Å²) in [5.74, 6) is 0.106. The summed E-state index contributed by atoms with van der Waals surface area (Å²) < 4.78 is 20.7. The molecule has 1 unspecified atom stereocenters. The second-order valence-corrected chi connectivity index (χ2v) is 4.39. The molecule has 2 nitrogen and oxygen atoms in total. The Morgan fingerprint density at radius 2 is 1.77 bits per heavy atom. The molecular weight excluding hydrogens is 252 g/mol. The highest BCUT2D eigenvalue weighted by molar-refractivity contribution is 9.09. The first kappa shape index (κ1) is 10.9. The molecule has 1 rings (SSSR count). The van der Waals surface area contributed by atoms with Crippen molar-refractivity contribution in [1.82, 2.24) is 0 Å². The summed E-state index contributed by atoms with van der Waals surface area (Å²) in [6.07, 6.45) is 0.973. The lowest BCUT2D eigenvalue weighted by molar-refractivity contribution is 0.536. The molecule has 0 aliphatic carbocycles. The molecule has 1 aromatic carbocycles. The van der Waals surface area contributed by atoms with Crippen LogP contribution >= 0.6 is 15.9 Å². The summed E-state index contributed by atoms with van der Waals surface area (Å²) in [5.41, 5.74) is 2.06. The molecule has 0 aromatic heterocycles. The minimum atomic E-state index is -1.99. The smallest absolute Gasteiger partial charge is 0.0353 e. The Hall–Kier alpha value is -0.190. The van der Waals surface area contributed by atoms with Crippen molar-refractivity contribution in [3.05, 3.63) is 35.4 Å². The zero-order valence-electron chi connectivity index (χ0n) is 7.03. The van der Waals surface area contributed by atoms with Gasteiger partial charge in [0.25, 0.3) is 0 Å². The van der Waals surface area contributed by atoms with Gasteiger partial charge in [-0.1, -0.05) is 51.3 Å². The lowest BCUT2D eigenvalue weighted by Gasteiger charge is -2.05. The summed E-state index contributed by atoms with van der Waals surface area (Å²) in [6.45, 7) is 0. The summed E-state index contributed by atoms with van der Waals surface area (Å²) in [6, 6.07) is 7.63. The Morgan fingerprint density at radius 1 is 1.23 bits per heavy atom. The van der Waals surface area contributed by atoms with Gasteiger partial charge in [0.15, 0.2) is 0 Å². The van der Waals surface area contributed by atoms with E-state index >= 15 is 0 Å². The highest BCUT2D eigenvalue weighted by atomic mass is 79.9. The van der Waals surface area contributed by atoms with Crippen LogP contribution in [0.1, 0.15) is 11.1 Å². The average Bonchev–Trinajstić information content (AvgIpc) is 2.08. The molecule has 1 atom stereocenters. The van der Waals surface area contributed by atoms with Crippen molar-refractivity contribution in [1.29, 1.82) is 0 Å². The number of alkyl halides is 1. The van der Waals surface area contributed by atoms with Gasteiger partial charge < -0.3 is 4.55 Å². The largest absolute Gasteiger partial charge is 0.772 e. The Bertz CT molecular complexity index is 284.